The number of piperidine rings is 2. The van der Waals surface area contributed by atoms with Crippen molar-refractivity contribution in [1.29, 1.82) is 0 Å². The van der Waals surface area contributed by atoms with Crippen LogP contribution in [0.5, 0.6) is 5.75 Å². The van der Waals surface area contributed by atoms with Crippen molar-refractivity contribution in [3.05, 3.63) is 80.3 Å². The number of benzene rings is 2. The van der Waals surface area contributed by atoms with Crippen LogP contribution in [0.25, 0.3) is 0 Å². The zero-order valence-corrected chi connectivity index (χ0v) is 28.1. The van der Waals surface area contributed by atoms with Gasteiger partial charge in [-0.15, -0.1) is 0 Å². The minimum absolute atomic E-state index is 0.0990. The number of hydrogen-bond donors (Lipinski definition) is 2. The Morgan fingerprint density at radius 1 is 1.13 bits per heavy atom. The van der Waals surface area contributed by atoms with Gasteiger partial charge in [-0.05, 0) is 68.3 Å². The first-order chi connectivity index (χ1) is 21.7. The Morgan fingerprint density at radius 2 is 1.87 bits per heavy atom. The number of likely N-dealkylation sites (tertiary alicyclic amines) is 1. The normalized spacial score (nSPS) is 27.1. The first kappa shape index (κ1) is 32.7. The van der Waals surface area contributed by atoms with Crippen molar-refractivity contribution >= 4 is 68.8 Å². The van der Waals surface area contributed by atoms with Crippen LogP contribution in [0.1, 0.15) is 56.7 Å². The number of allylic oxidation sites excluding steroid dienone is 3. The lowest BCUT2D eigenvalue weighted by Gasteiger charge is -2.52. The van der Waals surface area contributed by atoms with Crippen molar-refractivity contribution in [2.75, 3.05) is 18.4 Å². The summed E-state index contributed by atoms with van der Waals surface area (Å²) >= 11 is 16.3. The van der Waals surface area contributed by atoms with Crippen molar-refractivity contribution in [3.63, 3.8) is 0 Å². The summed E-state index contributed by atoms with van der Waals surface area (Å²) in [5, 5.41) is 6.90. The van der Waals surface area contributed by atoms with Gasteiger partial charge < -0.3 is 20.3 Å². The number of rotatable bonds is 4. The minimum atomic E-state index is -2.82. The maximum atomic E-state index is 14.6. The number of nitrogens with one attached hydrogen (secondary N) is 2. The predicted octanol–water partition coefficient (Wildman–Crippen LogP) is 6.86. The third kappa shape index (κ3) is 5.54. The van der Waals surface area contributed by atoms with Gasteiger partial charge in [0.25, 0.3) is 11.8 Å². The first-order valence-electron chi connectivity index (χ1n) is 14.8. The lowest BCUT2D eigenvalue weighted by Crippen LogP contribution is -2.66. The topological polar surface area (TPSA) is 100 Å². The van der Waals surface area contributed by atoms with Crippen molar-refractivity contribution in [1.82, 2.24) is 10.2 Å². The molecule has 6 rings (SSSR count). The van der Waals surface area contributed by atoms with E-state index in [-0.39, 0.29) is 37.6 Å². The summed E-state index contributed by atoms with van der Waals surface area (Å²) in [6.45, 7) is 2.95. The molecule has 2 fully saturated rings. The second-order valence-electron chi connectivity index (χ2n) is 12.5. The molecule has 0 radical (unpaired) electrons. The first-order valence-corrected chi connectivity index (χ1v) is 16.4. The van der Waals surface area contributed by atoms with Crippen LogP contribution in [0.2, 0.25) is 5.02 Å². The molecule has 46 heavy (non-hydrogen) atoms. The van der Waals surface area contributed by atoms with Gasteiger partial charge in [-0.2, -0.15) is 0 Å². The summed E-state index contributed by atoms with van der Waals surface area (Å²) in [7, 11) is 0. The molecule has 2 N–H and O–H groups in total. The molecular weight excluding hydrogens is 705 g/mol. The number of ether oxygens (including phenoxy) is 1. The largest absolute Gasteiger partial charge is 0.478 e. The third-order valence-corrected chi connectivity index (χ3v) is 10.2. The van der Waals surface area contributed by atoms with Crippen LogP contribution < -0.4 is 15.4 Å². The molecule has 4 heterocycles. The molecule has 13 heteroatoms. The van der Waals surface area contributed by atoms with Crippen molar-refractivity contribution < 1.29 is 27.9 Å². The molecule has 0 bridgehead atoms. The summed E-state index contributed by atoms with van der Waals surface area (Å²) < 4.78 is 34.8. The maximum Gasteiger partial charge on any atom is 0.266 e. The molecule has 0 aliphatic carbocycles. The van der Waals surface area contributed by atoms with E-state index in [1.54, 1.807) is 74.7 Å². The highest BCUT2D eigenvalue weighted by molar-refractivity contribution is 9.10. The van der Waals surface area contributed by atoms with E-state index in [1.165, 1.54) is 4.90 Å². The van der Waals surface area contributed by atoms with E-state index in [9.17, 15) is 23.2 Å². The van der Waals surface area contributed by atoms with Gasteiger partial charge in [0.05, 0.1) is 18.0 Å². The summed E-state index contributed by atoms with van der Waals surface area (Å²) in [6, 6.07) is 9.16. The number of carbonyl (C=O) groups is 3. The molecule has 0 aromatic heterocycles. The molecule has 2 spiro atoms. The van der Waals surface area contributed by atoms with E-state index in [1.807, 2.05) is 0 Å². The summed E-state index contributed by atoms with van der Waals surface area (Å²) in [5.74, 6) is -3.81. The van der Waals surface area contributed by atoms with E-state index in [4.69, 9.17) is 32.9 Å². The summed E-state index contributed by atoms with van der Waals surface area (Å²) in [5.41, 5.74) is -2.88. The fourth-order valence-electron chi connectivity index (χ4n) is 7.02. The highest BCUT2D eigenvalue weighted by Gasteiger charge is 2.68. The Bertz CT molecular complexity index is 1720. The molecule has 4 aliphatic rings. The van der Waals surface area contributed by atoms with Crippen LogP contribution >= 0.6 is 39.1 Å². The Balaban J connectivity index is 1.51. The molecule has 2 aromatic rings. The maximum absolute atomic E-state index is 14.6. The number of nitrogens with zero attached hydrogens (tertiary/aromatic N) is 2. The van der Waals surface area contributed by atoms with Gasteiger partial charge in [-0.25, -0.2) is 8.78 Å². The van der Waals surface area contributed by atoms with Crippen LogP contribution in [-0.2, 0) is 19.8 Å². The number of carbonyl (C=O) groups excluding carboxylic acids is 3. The Labute approximate surface area is 283 Å². The van der Waals surface area contributed by atoms with Crippen LogP contribution in [-0.4, -0.2) is 59.0 Å². The molecule has 3 atom stereocenters. The number of halogens is 5. The van der Waals surface area contributed by atoms with Crippen LogP contribution in [0.3, 0.4) is 0 Å². The Hall–Kier alpha value is -3.28. The van der Waals surface area contributed by atoms with Gasteiger partial charge in [-0.1, -0.05) is 51.3 Å². The third-order valence-electron chi connectivity index (χ3n) is 9.18. The van der Waals surface area contributed by atoms with Gasteiger partial charge in [0, 0.05) is 57.9 Å². The van der Waals surface area contributed by atoms with Gasteiger partial charge in [0.2, 0.25) is 11.8 Å². The molecule has 2 saturated heterocycles. The van der Waals surface area contributed by atoms with E-state index in [0.29, 0.717) is 31.3 Å². The number of amides is 3. The second kappa shape index (κ2) is 11.8. The standard InChI is InChI=1S/C33H31BrCl2F2N4O4/c1-30(2,29(45)42-14-11-32(37,38)12-15-42)46-25-8-5-19(34)16-22(25)27-33(23-7-6-21(36)17-24(23)40-28(33)44)31(18-26(43)41-27)10-9-20(35)4-3-13-39-31/h3-9,13,16-17,27H,10-12,14-15,18H2,1-2H3,(H,40,44)(H,41,43)/t27-,31+,33+/m1/s1. The van der Waals surface area contributed by atoms with Crippen LogP contribution in [0, 0.1) is 0 Å². The number of hydrogen-bond acceptors (Lipinski definition) is 5. The molecular formula is C33H31BrCl2F2N4O4. The molecule has 0 unspecified atom stereocenters. The lowest BCUT2D eigenvalue weighted by molar-refractivity contribution is -0.151. The highest BCUT2D eigenvalue weighted by Crippen LogP contribution is 2.60. The Morgan fingerprint density at radius 3 is 2.61 bits per heavy atom. The molecule has 8 nitrogen and oxygen atoms in total. The molecule has 2 aromatic carbocycles. The second-order valence-corrected chi connectivity index (χ2v) is 14.3. The van der Waals surface area contributed by atoms with Crippen LogP contribution in [0.15, 0.2) is 69.1 Å². The van der Waals surface area contributed by atoms with E-state index in [2.05, 4.69) is 26.6 Å². The zero-order valence-electron chi connectivity index (χ0n) is 25.0. The van der Waals surface area contributed by atoms with Gasteiger partial charge >= 0.3 is 0 Å². The highest BCUT2D eigenvalue weighted by atomic mass is 79.9. The molecule has 0 saturated carbocycles. The summed E-state index contributed by atoms with van der Waals surface area (Å²) in [6.07, 6.45) is 5.80. The van der Waals surface area contributed by atoms with Gasteiger partial charge in [0.15, 0.2) is 5.60 Å². The number of fused-ring (bicyclic) bond motifs is 3. The Kier molecular flexibility index (Phi) is 8.34. The lowest BCUT2D eigenvalue weighted by atomic mass is 9.55. The molecule has 242 valence electrons. The minimum Gasteiger partial charge on any atom is -0.478 e. The van der Waals surface area contributed by atoms with Crippen molar-refractivity contribution in [2.45, 2.75) is 68.1 Å². The van der Waals surface area contributed by atoms with Crippen molar-refractivity contribution in [2.24, 2.45) is 4.99 Å². The monoisotopic (exact) mass is 734 g/mol. The van der Waals surface area contributed by atoms with Crippen LogP contribution in [0.4, 0.5) is 14.5 Å². The van der Waals surface area contributed by atoms with Gasteiger partial charge in [-0.3, -0.25) is 19.4 Å². The number of anilines is 1. The predicted molar refractivity (Wildman–Crippen MR) is 176 cm³/mol. The zero-order chi connectivity index (χ0) is 33.1. The smallest absolute Gasteiger partial charge is 0.266 e. The average molecular weight is 736 g/mol. The van der Waals surface area contributed by atoms with E-state index in [0.717, 1.165) is 0 Å². The molecule has 3 amide bonds. The number of alkyl halides is 2. The van der Waals surface area contributed by atoms with E-state index >= 15 is 0 Å². The van der Waals surface area contributed by atoms with E-state index < -0.39 is 53.2 Å². The summed E-state index contributed by atoms with van der Waals surface area (Å²) in [4.78, 5) is 48.2. The van der Waals surface area contributed by atoms with Crippen molar-refractivity contribution in [3.8, 4) is 5.75 Å². The quantitative estimate of drug-likeness (QED) is 0.359. The SMILES string of the molecule is CC(C)(Oc1ccc(Br)cc1[C@H]1NC(=O)C[C@@]2(CC=C(Cl)C=CC=N2)[C@]12C(=O)Nc1cc(Cl)ccc12)C(=O)N1CCC(F)(F)CC1. The fourth-order valence-corrected chi connectivity index (χ4v) is 7.72. The fraction of sp³-hybridized carbons (Fsp3) is 0.394. The van der Waals surface area contributed by atoms with Gasteiger partial charge in [0.1, 0.15) is 11.2 Å². The molecule has 4 aliphatic heterocycles. The average Bonchev–Trinajstić information content (AvgIpc) is 3.27. The number of aliphatic imine (C=N–C) groups is 1.